The third-order valence-corrected chi connectivity index (χ3v) is 4.25. The average Bonchev–Trinajstić information content (AvgIpc) is 2.61. The van der Waals surface area contributed by atoms with E-state index in [0.717, 1.165) is 42.5 Å². The van der Waals surface area contributed by atoms with E-state index in [0.29, 0.717) is 19.6 Å². The van der Waals surface area contributed by atoms with Gasteiger partial charge in [-0.1, -0.05) is 12.1 Å². The summed E-state index contributed by atoms with van der Waals surface area (Å²) in [5, 5.41) is 9.79. The predicted molar refractivity (Wildman–Crippen MR) is 91.8 cm³/mol. The minimum absolute atomic E-state index is 0.130. The van der Waals surface area contributed by atoms with Gasteiger partial charge < -0.3 is 10.6 Å². The Hall–Kier alpha value is -2.70. The Morgan fingerprint density at radius 1 is 1.16 bits per heavy atom. The fourth-order valence-electron chi connectivity index (χ4n) is 2.88. The van der Waals surface area contributed by atoms with Gasteiger partial charge in [0.25, 0.3) is 5.56 Å². The number of carbonyl (C=O) groups excluding carboxylic acids is 1. The van der Waals surface area contributed by atoms with Crippen LogP contribution < -0.4 is 16.2 Å². The molecule has 6 nitrogen and oxygen atoms in total. The van der Waals surface area contributed by atoms with Gasteiger partial charge in [-0.3, -0.25) is 4.79 Å². The fourth-order valence-corrected chi connectivity index (χ4v) is 2.88. The van der Waals surface area contributed by atoms with Gasteiger partial charge in [-0.15, -0.1) is 0 Å². The summed E-state index contributed by atoms with van der Waals surface area (Å²) in [6.45, 7) is 0.945. The van der Waals surface area contributed by atoms with E-state index < -0.39 is 0 Å². The number of carbonyl (C=O) groups is 1. The van der Waals surface area contributed by atoms with Crippen LogP contribution in [0.4, 0.5) is 9.18 Å². The molecular weight excluding hydrogens is 323 g/mol. The van der Waals surface area contributed by atoms with Gasteiger partial charge in [0.1, 0.15) is 5.82 Å². The topological polar surface area (TPSA) is 76.0 Å². The quantitative estimate of drug-likeness (QED) is 0.868. The van der Waals surface area contributed by atoms with Gasteiger partial charge in [-0.05, 0) is 48.9 Å². The molecule has 0 spiro atoms. The highest BCUT2D eigenvalue weighted by Crippen LogP contribution is 2.16. The van der Waals surface area contributed by atoms with E-state index in [-0.39, 0.29) is 17.4 Å². The van der Waals surface area contributed by atoms with E-state index in [2.05, 4.69) is 15.7 Å². The number of aryl methyl sites for hydroxylation is 2. The Labute approximate surface area is 145 Å². The molecule has 0 saturated heterocycles. The molecule has 7 heteroatoms. The molecule has 0 bridgehead atoms. The number of fused-ring (bicyclic) bond motifs is 1. The van der Waals surface area contributed by atoms with Gasteiger partial charge in [0.05, 0.1) is 12.2 Å². The third-order valence-electron chi connectivity index (χ3n) is 4.25. The van der Waals surface area contributed by atoms with Gasteiger partial charge in [0.2, 0.25) is 0 Å². The van der Waals surface area contributed by atoms with Crippen molar-refractivity contribution in [2.75, 3.05) is 6.54 Å². The van der Waals surface area contributed by atoms with Gasteiger partial charge in [-0.2, -0.15) is 5.10 Å². The summed E-state index contributed by atoms with van der Waals surface area (Å²) in [6, 6.07) is 7.26. The van der Waals surface area contributed by atoms with Crippen molar-refractivity contribution >= 4 is 6.03 Å². The summed E-state index contributed by atoms with van der Waals surface area (Å²) in [6.07, 6.45) is 4.03. The standard InChI is InChI=1S/C18H21FN4O2/c19-15-7-5-13(6-8-15)12-21-18(25)20-9-10-23-17(24)11-14-3-1-2-4-16(14)22-23/h5-8,11H,1-4,9-10,12H2,(H2,20,21,25). The highest BCUT2D eigenvalue weighted by atomic mass is 19.1. The van der Waals surface area contributed by atoms with Crippen LogP contribution >= 0.6 is 0 Å². The Bertz CT molecular complexity index is 802. The van der Waals surface area contributed by atoms with Gasteiger partial charge in [0, 0.05) is 19.2 Å². The van der Waals surface area contributed by atoms with E-state index in [1.54, 1.807) is 18.2 Å². The number of urea groups is 1. The van der Waals surface area contributed by atoms with Crippen molar-refractivity contribution in [3.8, 4) is 0 Å². The molecule has 0 unspecified atom stereocenters. The van der Waals surface area contributed by atoms with Crippen molar-refractivity contribution in [3.63, 3.8) is 0 Å². The van der Waals surface area contributed by atoms with Crippen LogP contribution in [0.3, 0.4) is 0 Å². The Morgan fingerprint density at radius 3 is 2.72 bits per heavy atom. The second kappa shape index (κ2) is 7.92. The first-order valence-corrected chi connectivity index (χ1v) is 8.48. The van der Waals surface area contributed by atoms with Crippen LogP contribution in [0.25, 0.3) is 0 Å². The van der Waals surface area contributed by atoms with E-state index in [4.69, 9.17) is 0 Å². The highest BCUT2D eigenvalue weighted by molar-refractivity contribution is 5.73. The van der Waals surface area contributed by atoms with Crippen molar-refractivity contribution in [1.29, 1.82) is 0 Å². The number of hydrogen-bond donors (Lipinski definition) is 2. The molecule has 0 aliphatic heterocycles. The first kappa shape index (κ1) is 17.1. The number of rotatable bonds is 5. The number of nitrogens with one attached hydrogen (secondary N) is 2. The smallest absolute Gasteiger partial charge is 0.315 e. The number of benzene rings is 1. The molecule has 2 amide bonds. The number of aromatic nitrogens is 2. The molecule has 1 aliphatic rings. The number of hydrogen-bond acceptors (Lipinski definition) is 3. The second-order valence-corrected chi connectivity index (χ2v) is 6.12. The third kappa shape index (κ3) is 4.65. The molecule has 132 valence electrons. The highest BCUT2D eigenvalue weighted by Gasteiger charge is 2.13. The van der Waals surface area contributed by atoms with E-state index in [1.807, 2.05) is 0 Å². The van der Waals surface area contributed by atoms with E-state index in [9.17, 15) is 14.0 Å². The van der Waals surface area contributed by atoms with Gasteiger partial charge >= 0.3 is 6.03 Å². The lowest BCUT2D eigenvalue weighted by Crippen LogP contribution is -2.38. The number of nitrogens with zero attached hydrogens (tertiary/aromatic N) is 2. The van der Waals surface area contributed by atoms with Crippen LogP contribution in [-0.4, -0.2) is 22.4 Å². The Balaban J connectivity index is 1.47. The summed E-state index contributed by atoms with van der Waals surface area (Å²) < 4.78 is 14.2. The first-order chi connectivity index (χ1) is 12.1. The van der Waals surface area contributed by atoms with Gasteiger partial charge in [0.15, 0.2) is 0 Å². The summed E-state index contributed by atoms with van der Waals surface area (Å²) in [5.74, 6) is -0.309. The zero-order chi connectivity index (χ0) is 17.6. The van der Waals surface area contributed by atoms with Crippen molar-refractivity contribution in [1.82, 2.24) is 20.4 Å². The minimum atomic E-state index is -0.338. The van der Waals surface area contributed by atoms with Crippen molar-refractivity contribution in [3.05, 3.63) is 63.3 Å². The summed E-state index contributed by atoms with van der Waals surface area (Å²) in [7, 11) is 0. The molecule has 0 saturated carbocycles. The molecule has 0 radical (unpaired) electrons. The molecule has 25 heavy (non-hydrogen) atoms. The maximum Gasteiger partial charge on any atom is 0.315 e. The lowest BCUT2D eigenvalue weighted by Gasteiger charge is -2.16. The van der Waals surface area contributed by atoms with Crippen LogP contribution in [0, 0.1) is 5.82 Å². The lowest BCUT2D eigenvalue weighted by atomic mass is 9.97. The Morgan fingerprint density at radius 2 is 1.92 bits per heavy atom. The molecule has 0 fully saturated rings. The summed E-state index contributed by atoms with van der Waals surface area (Å²) in [5.41, 5.74) is 2.72. The summed E-state index contributed by atoms with van der Waals surface area (Å²) >= 11 is 0. The van der Waals surface area contributed by atoms with Crippen LogP contribution in [-0.2, 0) is 25.9 Å². The molecule has 1 aliphatic carbocycles. The predicted octanol–water partition coefficient (Wildman–Crippen LogP) is 1.76. The number of amides is 2. The maximum atomic E-state index is 12.8. The molecule has 3 rings (SSSR count). The molecular formula is C18H21FN4O2. The fraction of sp³-hybridized carbons (Fsp3) is 0.389. The van der Waals surface area contributed by atoms with Crippen LogP contribution in [0.1, 0.15) is 29.7 Å². The molecule has 2 N–H and O–H groups in total. The van der Waals surface area contributed by atoms with Crippen LogP contribution in [0.15, 0.2) is 35.1 Å². The monoisotopic (exact) mass is 344 g/mol. The van der Waals surface area contributed by atoms with Gasteiger partial charge in [-0.25, -0.2) is 13.9 Å². The molecule has 1 aromatic carbocycles. The summed E-state index contributed by atoms with van der Waals surface area (Å²) in [4.78, 5) is 23.8. The molecule has 0 atom stereocenters. The van der Waals surface area contributed by atoms with Crippen LogP contribution in [0.2, 0.25) is 0 Å². The van der Waals surface area contributed by atoms with Crippen molar-refractivity contribution < 1.29 is 9.18 Å². The van der Waals surface area contributed by atoms with Crippen molar-refractivity contribution in [2.24, 2.45) is 0 Å². The molecule has 2 aromatic rings. The zero-order valence-corrected chi connectivity index (χ0v) is 13.9. The zero-order valence-electron chi connectivity index (χ0n) is 13.9. The van der Waals surface area contributed by atoms with E-state index in [1.165, 1.54) is 16.8 Å². The first-order valence-electron chi connectivity index (χ1n) is 8.48. The lowest BCUT2D eigenvalue weighted by molar-refractivity contribution is 0.240. The normalized spacial score (nSPS) is 13.2. The SMILES string of the molecule is O=C(NCCn1nc2c(cc1=O)CCCC2)NCc1ccc(F)cc1. The maximum absolute atomic E-state index is 12.8. The minimum Gasteiger partial charge on any atom is -0.336 e. The Kier molecular flexibility index (Phi) is 5.42. The van der Waals surface area contributed by atoms with Crippen molar-refractivity contribution in [2.45, 2.75) is 38.8 Å². The second-order valence-electron chi connectivity index (χ2n) is 6.12. The largest absolute Gasteiger partial charge is 0.336 e. The van der Waals surface area contributed by atoms with E-state index >= 15 is 0 Å². The molecule has 1 aromatic heterocycles. The van der Waals surface area contributed by atoms with Crippen LogP contribution in [0.5, 0.6) is 0 Å². The number of halogens is 1. The average molecular weight is 344 g/mol. The molecule has 1 heterocycles.